The van der Waals surface area contributed by atoms with Crippen LogP contribution in [0.3, 0.4) is 0 Å². The van der Waals surface area contributed by atoms with E-state index in [4.69, 9.17) is 0 Å². The predicted molar refractivity (Wildman–Crippen MR) is 92.4 cm³/mol. The second-order valence-corrected chi connectivity index (χ2v) is 6.67. The third-order valence-corrected chi connectivity index (χ3v) is 3.78. The number of carbonyl (C=O) groups is 2. The molecule has 1 rings (SSSR count). The van der Waals surface area contributed by atoms with Crippen LogP contribution in [0.2, 0.25) is 0 Å². The zero-order valence-corrected chi connectivity index (χ0v) is 15.1. The first-order valence-electron chi connectivity index (χ1n) is 8.16. The van der Waals surface area contributed by atoms with Gasteiger partial charge in [-0.3, -0.25) is 9.59 Å². The maximum Gasteiger partial charge on any atom is 0.275 e. The van der Waals surface area contributed by atoms with Gasteiger partial charge in [0.05, 0.1) is 13.1 Å². The van der Waals surface area contributed by atoms with Crippen molar-refractivity contribution in [2.75, 3.05) is 20.1 Å². The predicted octanol–water partition coefficient (Wildman–Crippen LogP) is 0.520. The van der Waals surface area contributed by atoms with Crippen molar-refractivity contribution < 1.29 is 14.5 Å². The summed E-state index contributed by atoms with van der Waals surface area (Å²) in [4.78, 5) is 24.7. The second kappa shape index (κ2) is 8.67. The first-order valence-corrected chi connectivity index (χ1v) is 8.16. The van der Waals surface area contributed by atoms with Crippen molar-refractivity contribution in [2.45, 2.75) is 46.7 Å². The highest BCUT2D eigenvalue weighted by Gasteiger charge is 2.17. The largest absolute Gasteiger partial charge is 0.349 e. The maximum atomic E-state index is 12.1. The number of benzene rings is 1. The number of amides is 2. The van der Waals surface area contributed by atoms with E-state index in [0.29, 0.717) is 6.54 Å². The monoisotopic (exact) mass is 320 g/mol. The Hall–Kier alpha value is -1.88. The van der Waals surface area contributed by atoms with Gasteiger partial charge >= 0.3 is 0 Å². The summed E-state index contributed by atoms with van der Waals surface area (Å²) in [5, 5.41) is 5.83. The molecule has 2 amide bonds. The highest BCUT2D eigenvalue weighted by Crippen LogP contribution is 2.16. The minimum Gasteiger partial charge on any atom is -0.349 e. The SMILES string of the molecule is Cc1ccc([C@H](C)NC(=O)C[NH+](C)CC(=O)NC(C)C)cc1C. The third kappa shape index (κ3) is 6.82. The minimum atomic E-state index is -0.0504. The van der Waals surface area contributed by atoms with Gasteiger partial charge in [-0.15, -0.1) is 0 Å². The van der Waals surface area contributed by atoms with Crippen molar-refractivity contribution in [3.05, 3.63) is 34.9 Å². The number of quaternary nitrogens is 1. The fraction of sp³-hybridized carbons (Fsp3) is 0.556. The molecule has 0 saturated carbocycles. The van der Waals surface area contributed by atoms with Crippen molar-refractivity contribution in [1.29, 1.82) is 0 Å². The summed E-state index contributed by atoms with van der Waals surface area (Å²) in [5.74, 6) is -0.0851. The Morgan fingerprint density at radius 1 is 1.00 bits per heavy atom. The van der Waals surface area contributed by atoms with Crippen LogP contribution in [0, 0.1) is 13.8 Å². The molecular weight excluding hydrogens is 290 g/mol. The number of hydrogen-bond donors (Lipinski definition) is 3. The molecule has 0 saturated heterocycles. The van der Waals surface area contributed by atoms with Crippen LogP contribution in [0.5, 0.6) is 0 Å². The number of aryl methyl sites for hydroxylation is 2. The van der Waals surface area contributed by atoms with Gasteiger partial charge in [-0.1, -0.05) is 18.2 Å². The molecule has 0 radical (unpaired) electrons. The quantitative estimate of drug-likeness (QED) is 0.686. The molecule has 0 aliphatic carbocycles. The molecule has 1 aromatic rings. The van der Waals surface area contributed by atoms with E-state index in [2.05, 4.69) is 36.6 Å². The van der Waals surface area contributed by atoms with Crippen LogP contribution in [-0.2, 0) is 9.59 Å². The Bertz CT molecular complexity index is 555. The van der Waals surface area contributed by atoms with Crippen molar-refractivity contribution in [3.8, 4) is 0 Å². The summed E-state index contributed by atoms with van der Waals surface area (Å²) >= 11 is 0. The lowest BCUT2D eigenvalue weighted by atomic mass is 10.0. The minimum absolute atomic E-state index is 0.0347. The van der Waals surface area contributed by atoms with Gasteiger partial charge in [0.2, 0.25) is 0 Å². The van der Waals surface area contributed by atoms with E-state index in [1.54, 1.807) is 0 Å². The Morgan fingerprint density at radius 3 is 2.09 bits per heavy atom. The zero-order chi connectivity index (χ0) is 17.6. The van der Waals surface area contributed by atoms with Crippen LogP contribution in [0.1, 0.15) is 43.5 Å². The van der Waals surface area contributed by atoms with E-state index in [9.17, 15) is 9.59 Å². The topological polar surface area (TPSA) is 62.6 Å². The molecule has 0 aliphatic heterocycles. The Labute approximate surface area is 139 Å². The van der Waals surface area contributed by atoms with E-state index in [0.717, 1.165) is 10.5 Å². The molecule has 0 heterocycles. The van der Waals surface area contributed by atoms with Crippen molar-refractivity contribution >= 4 is 11.8 Å². The summed E-state index contributed by atoms with van der Waals surface area (Å²) in [6, 6.07) is 6.29. The van der Waals surface area contributed by atoms with Gasteiger partial charge in [-0.05, 0) is 51.3 Å². The molecule has 5 nitrogen and oxygen atoms in total. The molecular formula is C18H30N3O2+. The van der Waals surface area contributed by atoms with Crippen LogP contribution in [0.25, 0.3) is 0 Å². The van der Waals surface area contributed by atoms with Gasteiger partial charge in [0.15, 0.2) is 13.1 Å². The van der Waals surface area contributed by atoms with Gasteiger partial charge < -0.3 is 15.5 Å². The summed E-state index contributed by atoms with van der Waals surface area (Å²) < 4.78 is 0. The van der Waals surface area contributed by atoms with E-state index in [1.807, 2.05) is 33.9 Å². The van der Waals surface area contributed by atoms with E-state index >= 15 is 0 Å². The average Bonchev–Trinajstić information content (AvgIpc) is 2.39. The lowest BCUT2D eigenvalue weighted by Crippen LogP contribution is -3.11. The first kappa shape index (κ1) is 19.2. The number of carbonyl (C=O) groups excluding carboxylic acids is 2. The van der Waals surface area contributed by atoms with Crippen LogP contribution < -0.4 is 15.5 Å². The smallest absolute Gasteiger partial charge is 0.275 e. The Morgan fingerprint density at radius 2 is 1.57 bits per heavy atom. The molecule has 0 bridgehead atoms. The average molecular weight is 320 g/mol. The van der Waals surface area contributed by atoms with Gasteiger partial charge in [0, 0.05) is 6.04 Å². The molecule has 5 heteroatoms. The molecule has 0 aromatic heterocycles. The second-order valence-electron chi connectivity index (χ2n) is 6.67. The molecule has 1 aromatic carbocycles. The van der Waals surface area contributed by atoms with Gasteiger partial charge in [0.25, 0.3) is 11.8 Å². The Balaban J connectivity index is 2.48. The van der Waals surface area contributed by atoms with E-state index < -0.39 is 0 Å². The normalized spacial score (nSPS) is 13.5. The highest BCUT2D eigenvalue weighted by molar-refractivity contribution is 5.79. The third-order valence-electron chi connectivity index (χ3n) is 3.78. The van der Waals surface area contributed by atoms with Crippen LogP contribution in [-0.4, -0.2) is 38.0 Å². The molecule has 3 N–H and O–H groups in total. The number of nitrogens with one attached hydrogen (secondary N) is 3. The van der Waals surface area contributed by atoms with Gasteiger partial charge in [-0.25, -0.2) is 0 Å². The molecule has 128 valence electrons. The lowest BCUT2D eigenvalue weighted by Gasteiger charge is -2.18. The number of hydrogen-bond acceptors (Lipinski definition) is 2. The molecule has 0 fully saturated rings. The summed E-state index contributed by atoms with van der Waals surface area (Å²) in [6.45, 7) is 10.5. The fourth-order valence-electron chi connectivity index (χ4n) is 2.39. The summed E-state index contributed by atoms with van der Waals surface area (Å²) in [7, 11) is 1.85. The van der Waals surface area contributed by atoms with E-state index in [1.165, 1.54) is 11.1 Å². The van der Waals surface area contributed by atoms with Crippen LogP contribution >= 0.6 is 0 Å². The van der Waals surface area contributed by atoms with Crippen LogP contribution in [0.15, 0.2) is 18.2 Å². The summed E-state index contributed by atoms with van der Waals surface area (Å²) in [5.41, 5.74) is 3.56. The molecule has 0 spiro atoms. The van der Waals surface area contributed by atoms with Crippen LogP contribution in [0.4, 0.5) is 0 Å². The van der Waals surface area contributed by atoms with Gasteiger partial charge in [-0.2, -0.15) is 0 Å². The Kier molecular flexibility index (Phi) is 7.23. The molecule has 2 atom stereocenters. The van der Waals surface area contributed by atoms with Crippen molar-refractivity contribution in [1.82, 2.24) is 10.6 Å². The molecule has 0 aliphatic rings. The number of likely N-dealkylation sites (N-methyl/N-ethyl adjacent to an activating group) is 1. The molecule has 23 heavy (non-hydrogen) atoms. The van der Waals surface area contributed by atoms with E-state index in [-0.39, 0.29) is 30.4 Å². The highest BCUT2D eigenvalue weighted by atomic mass is 16.2. The zero-order valence-electron chi connectivity index (χ0n) is 15.1. The first-order chi connectivity index (χ1) is 10.7. The standard InChI is InChI=1S/C18H29N3O2/c1-12(2)19-17(22)10-21(6)11-18(23)20-15(5)16-8-7-13(3)14(4)9-16/h7-9,12,15H,10-11H2,1-6H3,(H,19,22)(H,20,23)/p+1/t15-/m0/s1. The summed E-state index contributed by atoms with van der Waals surface area (Å²) in [6.07, 6.45) is 0. The number of rotatable bonds is 7. The lowest BCUT2D eigenvalue weighted by molar-refractivity contribution is -0.862. The van der Waals surface area contributed by atoms with Gasteiger partial charge in [0.1, 0.15) is 0 Å². The van der Waals surface area contributed by atoms with Crippen molar-refractivity contribution in [2.24, 2.45) is 0 Å². The maximum absolute atomic E-state index is 12.1. The van der Waals surface area contributed by atoms with Crippen molar-refractivity contribution in [3.63, 3.8) is 0 Å². The molecule has 1 unspecified atom stereocenters. The fourth-order valence-corrected chi connectivity index (χ4v) is 2.39.